The smallest absolute Gasteiger partial charge is 0.106 e. The Kier molecular flexibility index (Phi) is 3.92. The molecule has 0 saturated carbocycles. The second kappa shape index (κ2) is 5.09. The predicted molar refractivity (Wildman–Crippen MR) is 89.2 cm³/mol. The van der Waals surface area contributed by atoms with Gasteiger partial charge >= 0.3 is 0 Å². The van der Waals surface area contributed by atoms with Crippen LogP contribution in [0.4, 0.5) is 11.4 Å². The second-order valence-electron chi connectivity index (χ2n) is 6.19. The van der Waals surface area contributed by atoms with Gasteiger partial charge in [-0.25, -0.2) is 0 Å². The van der Waals surface area contributed by atoms with Crippen molar-refractivity contribution in [2.75, 3.05) is 49.0 Å². The highest BCUT2D eigenvalue weighted by Gasteiger charge is 2.33. The summed E-state index contributed by atoms with van der Waals surface area (Å²) in [5.74, 6) is 0.763. The van der Waals surface area contributed by atoms with E-state index in [0.717, 1.165) is 17.2 Å². The molecule has 0 atom stereocenters. The Morgan fingerprint density at radius 1 is 0.900 bits per heavy atom. The fourth-order valence-corrected chi connectivity index (χ4v) is 4.33. The maximum Gasteiger partial charge on any atom is 0.106 e. The maximum atomic E-state index is 12.2. The van der Waals surface area contributed by atoms with Gasteiger partial charge in [0.15, 0.2) is 0 Å². The zero-order chi connectivity index (χ0) is 15.1. The Hall–Kier alpha value is -0.980. The fourth-order valence-electron chi connectivity index (χ4n) is 2.34. The van der Waals surface area contributed by atoms with E-state index in [4.69, 9.17) is 0 Å². The van der Waals surface area contributed by atoms with Crippen LogP contribution in [0.15, 0.2) is 36.7 Å². The number of nitrogens with zero attached hydrogens (tertiary/aromatic N) is 2. The van der Waals surface area contributed by atoms with Crippen LogP contribution in [-0.4, -0.2) is 39.2 Å². The van der Waals surface area contributed by atoms with Gasteiger partial charge in [-0.15, -0.1) is 0 Å². The molecule has 0 bridgehead atoms. The molecule has 0 aliphatic carbocycles. The number of benzene rings is 1. The van der Waals surface area contributed by atoms with Gasteiger partial charge in [-0.05, 0) is 38.8 Å². The quantitative estimate of drug-likeness (QED) is 0.790. The summed E-state index contributed by atoms with van der Waals surface area (Å²) in [5.41, 5.74) is 1.99. The molecule has 0 aromatic heterocycles. The lowest BCUT2D eigenvalue weighted by Gasteiger charge is -2.26. The monoisotopic (exact) mass is 312 g/mol. The van der Waals surface area contributed by atoms with Crippen LogP contribution in [-0.2, 0) is 9.13 Å². The summed E-state index contributed by atoms with van der Waals surface area (Å²) in [6.07, 6.45) is 0.911. The van der Waals surface area contributed by atoms with Crippen LogP contribution >= 0.6 is 14.3 Å². The van der Waals surface area contributed by atoms with Crippen molar-refractivity contribution in [3.8, 4) is 0 Å². The van der Waals surface area contributed by atoms with Crippen LogP contribution in [0.1, 0.15) is 0 Å². The number of hydrogen-bond donors (Lipinski definition) is 0. The molecule has 1 aliphatic heterocycles. The van der Waals surface area contributed by atoms with Crippen molar-refractivity contribution in [2.24, 2.45) is 0 Å². The van der Waals surface area contributed by atoms with Gasteiger partial charge in [0.05, 0.1) is 23.9 Å². The largest absolute Gasteiger partial charge is 0.322 e. The molecule has 0 amide bonds. The summed E-state index contributed by atoms with van der Waals surface area (Å²) < 4.78 is 24.3. The molecule has 0 fully saturated rings. The van der Waals surface area contributed by atoms with E-state index in [9.17, 15) is 9.13 Å². The van der Waals surface area contributed by atoms with Crippen molar-refractivity contribution in [1.82, 2.24) is 0 Å². The third-order valence-electron chi connectivity index (χ3n) is 3.05. The molecule has 0 spiro atoms. The molecule has 4 nitrogen and oxygen atoms in total. The molecule has 20 heavy (non-hydrogen) atoms. The normalized spacial score (nSPS) is 15.7. The summed E-state index contributed by atoms with van der Waals surface area (Å²) >= 11 is 0. The molecule has 0 saturated heterocycles. The Morgan fingerprint density at radius 3 is 1.55 bits per heavy atom. The summed E-state index contributed by atoms with van der Waals surface area (Å²) in [6, 6.07) is 7.89. The summed E-state index contributed by atoms with van der Waals surface area (Å²) in [4.78, 5) is 3.96. The first-order chi connectivity index (χ1) is 9.08. The zero-order valence-electron chi connectivity index (χ0n) is 12.5. The SMILES string of the molecule is C=C1N(CP(C)(C)=O)c2ccccc2N1CP(C)(C)=O. The Bertz CT molecular complexity index is 577. The third kappa shape index (κ3) is 3.37. The van der Waals surface area contributed by atoms with Crippen molar-refractivity contribution in [3.63, 3.8) is 0 Å². The van der Waals surface area contributed by atoms with E-state index in [1.54, 1.807) is 26.7 Å². The van der Waals surface area contributed by atoms with E-state index < -0.39 is 14.3 Å². The lowest BCUT2D eigenvalue weighted by Crippen LogP contribution is -2.28. The summed E-state index contributed by atoms with van der Waals surface area (Å²) in [6.45, 7) is 11.2. The van der Waals surface area contributed by atoms with Crippen molar-refractivity contribution in [2.45, 2.75) is 0 Å². The molecule has 2 rings (SSSR count). The van der Waals surface area contributed by atoms with E-state index in [-0.39, 0.29) is 0 Å². The van der Waals surface area contributed by atoms with Crippen molar-refractivity contribution in [1.29, 1.82) is 0 Å². The van der Waals surface area contributed by atoms with Gasteiger partial charge in [0.1, 0.15) is 20.1 Å². The average molecular weight is 312 g/mol. The molecular formula is C14H22N2O2P2. The predicted octanol–water partition coefficient (Wildman–Crippen LogP) is 3.94. The van der Waals surface area contributed by atoms with Crippen molar-refractivity contribution in [3.05, 3.63) is 36.7 Å². The molecule has 110 valence electrons. The van der Waals surface area contributed by atoms with Crippen molar-refractivity contribution >= 4 is 25.7 Å². The molecular weight excluding hydrogens is 290 g/mol. The first kappa shape index (κ1) is 15.4. The number of fused-ring (bicyclic) bond motifs is 1. The highest BCUT2D eigenvalue weighted by molar-refractivity contribution is 7.62. The molecule has 1 aliphatic rings. The van der Waals surface area contributed by atoms with Gasteiger partial charge in [-0.1, -0.05) is 18.7 Å². The van der Waals surface area contributed by atoms with Gasteiger partial charge in [0.2, 0.25) is 0 Å². The van der Waals surface area contributed by atoms with Gasteiger partial charge in [-0.2, -0.15) is 0 Å². The Labute approximate surface area is 121 Å². The minimum Gasteiger partial charge on any atom is -0.322 e. The van der Waals surface area contributed by atoms with Crippen LogP contribution in [0, 0.1) is 0 Å². The molecule has 0 N–H and O–H groups in total. The fraction of sp³-hybridized carbons (Fsp3) is 0.429. The standard InChI is InChI=1S/C14H22N2O2P2/c1-12-15(10-19(2,3)17)13-8-6-7-9-14(13)16(12)11-20(4,5)18/h6-9H,1,10-11H2,2-5H3. The zero-order valence-corrected chi connectivity index (χ0v) is 14.3. The number of rotatable bonds is 4. The lowest BCUT2D eigenvalue weighted by atomic mass is 10.3. The van der Waals surface area contributed by atoms with Crippen LogP contribution in [0.2, 0.25) is 0 Å². The minimum absolute atomic E-state index is 0.455. The highest BCUT2D eigenvalue weighted by atomic mass is 31.2. The second-order valence-corrected chi connectivity index (χ2v) is 13.1. The summed E-state index contributed by atoms with van der Waals surface area (Å²) in [7, 11) is -4.43. The summed E-state index contributed by atoms with van der Waals surface area (Å²) in [5, 5.41) is 0. The van der Waals surface area contributed by atoms with Gasteiger partial charge < -0.3 is 18.9 Å². The Balaban J connectivity index is 2.42. The van der Waals surface area contributed by atoms with Crippen LogP contribution in [0.25, 0.3) is 0 Å². The van der Waals surface area contributed by atoms with Crippen LogP contribution in [0.3, 0.4) is 0 Å². The van der Waals surface area contributed by atoms with E-state index in [2.05, 4.69) is 6.58 Å². The molecule has 1 aromatic carbocycles. The van der Waals surface area contributed by atoms with E-state index >= 15 is 0 Å². The molecule has 6 heteroatoms. The van der Waals surface area contributed by atoms with Gasteiger partial charge in [-0.3, -0.25) is 0 Å². The molecule has 1 heterocycles. The highest BCUT2D eigenvalue weighted by Crippen LogP contribution is 2.50. The Morgan fingerprint density at radius 2 is 1.25 bits per heavy atom. The van der Waals surface area contributed by atoms with Crippen molar-refractivity contribution < 1.29 is 9.13 Å². The first-order valence-corrected chi connectivity index (χ1v) is 12.1. The number of anilines is 2. The maximum absolute atomic E-state index is 12.2. The number of hydrogen-bond acceptors (Lipinski definition) is 4. The third-order valence-corrected chi connectivity index (χ3v) is 4.98. The number of para-hydroxylation sites is 2. The molecule has 0 unspecified atom stereocenters. The average Bonchev–Trinajstić information content (AvgIpc) is 2.52. The molecule has 0 radical (unpaired) electrons. The van der Waals surface area contributed by atoms with Crippen LogP contribution < -0.4 is 9.80 Å². The van der Waals surface area contributed by atoms with Crippen LogP contribution in [0.5, 0.6) is 0 Å². The van der Waals surface area contributed by atoms with Gasteiger partial charge in [0.25, 0.3) is 0 Å². The topological polar surface area (TPSA) is 40.6 Å². The van der Waals surface area contributed by atoms with E-state index in [1.165, 1.54) is 0 Å². The van der Waals surface area contributed by atoms with E-state index in [0.29, 0.717) is 12.6 Å². The van der Waals surface area contributed by atoms with Gasteiger partial charge in [0, 0.05) is 0 Å². The minimum atomic E-state index is -2.22. The first-order valence-electron chi connectivity index (χ1n) is 6.49. The lowest BCUT2D eigenvalue weighted by molar-refractivity contribution is 0.582. The molecule has 1 aromatic rings. The van der Waals surface area contributed by atoms with E-state index in [1.807, 2.05) is 34.1 Å².